The van der Waals surface area contributed by atoms with Gasteiger partial charge in [0.05, 0.1) is 25.2 Å². The lowest BCUT2D eigenvalue weighted by Crippen LogP contribution is -2.52. The molecule has 3 heterocycles. The third kappa shape index (κ3) is 2.52. The quantitative estimate of drug-likeness (QED) is 0.572. The van der Waals surface area contributed by atoms with Gasteiger partial charge in [-0.2, -0.15) is 0 Å². The third-order valence-electron chi connectivity index (χ3n) is 3.23. The highest BCUT2D eigenvalue weighted by Crippen LogP contribution is 2.26. The van der Waals surface area contributed by atoms with Crippen LogP contribution in [-0.4, -0.2) is 49.0 Å². The van der Waals surface area contributed by atoms with Crippen LogP contribution in [0.25, 0.3) is 5.70 Å². The summed E-state index contributed by atoms with van der Waals surface area (Å²) < 4.78 is 10.6. The summed E-state index contributed by atoms with van der Waals surface area (Å²) in [5, 5.41) is 4.15. The molecule has 0 aliphatic carbocycles. The summed E-state index contributed by atoms with van der Waals surface area (Å²) in [5.74, 6) is -1.07. The molecule has 0 radical (unpaired) electrons. The number of hydrogen-bond acceptors (Lipinski definition) is 6. The lowest BCUT2D eigenvalue weighted by Gasteiger charge is -2.31. The molecule has 8 heteroatoms. The van der Waals surface area contributed by atoms with Crippen LogP contribution in [0.15, 0.2) is 28.4 Å². The molecule has 2 fully saturated rings. The van der Waals surface area contributed by atoms with Gasteiger partial charge in [-0.25, -0.2) is 4.79 Å². The molecule has 110 valence electrons. The van der Waals surface area contributed by atoms with Crippen molar-refractivity contribution in [2.24, 2.45) is 0 Å². The Bertz CT molecular complexity index is 592. The second-order valence-electron chi connectivity index (χ2n) is 4.54. The van der Waals surface area contributed by atoms with E-state index in [9.17, 15) is 14.4 Å². The van der Waals surface area contributed by atoms with Gasteiger partial charge in [0.25, 0.3) is 11.8 Å². The Morgan fingerprint density at radius 2 is 1.76 bits per heavy atom. The van der Waals surface area contributed by atoms with Crippen LogP contribution in [0.3, 0.4) is 0 Å². The molecule has 2 aliphatic heterocycles. The number of imide groups is 2. The van der Waals surface area contributed by atoms with Gasteiger partial charge in [-0.1, -0.05) is 0 Å². The van der Waals surface area contributed by atoms with Gasteiger partial charge in [0.1, 0.15) is 5.57 Å². The zero-order valence-electron chi connectivity index (χ0n) is 11.0. The van der Waals surface area contributed by atoms with E-state index in [1.807, 2.05) is 4.90 Å². The molecule has 2 N–H and O–H groups in total. The maximum Gasteiger partial charge on any atom is 0.328 e. The number of ether oxygens (including phenoxy) is 1. The van der Waals surface area contributed by atoms with Crippen molar-refractivity contribution in [2.45, 2.75) is 0 Å². The van der Waals surface area contributed by atoms with E-state index < -0.39 is 17.8 Å². The summed E-state index contributed by atoms with van der Waals surface area (Å²) >= 11 is 0. The average molecular weight is 291 g/mol. The van der Waals surface area contributed by atoms with E-state index in [0.29, 0.717) is 37.8 Å². The SMILES string of the molecule is O=C1NC(=O)C(=C(c2ccco2)N2CCOCC2)C(=O)N1. The Hall–Kier alpha value is -2.61. The molecule has 0 atom stereocenters. The molecule has 3 rings (SSSR count). The Kier molecular flexibility index (Phi) is 3.44. The number of nitrogens with zero attached hydrogens (tertiary/aromatic N) is 1. The van der Waals surface area contributed by atoms with E-state index in [1.165, 1.54) is 6.26 Å². The lowest BCUT2D eigenvalue weighted by atomic mass is 10.1. The molecule has 8 nitrogen and oxygen atoms in total. The molecule has 1 aromatic heterocycles. The minimum Gasteiger partial charge on any atom is -0.463 e. The van der Waals surface area contributed by atoms with Gasteiger partial charge in [-0.05, 0) is 12.1 Å². The number of carbonyl (C=O) groups is 3. The summed E-state index contributed by atoms with van der Waals surface area (Å²) in [7, 11) is 0. The summed E-state index contributed by atoms with van der Waals surface area (Å²) in [6.07, 6.45) is 1.46. The summed E-state index contributed by atoms with van der Waals surface area (Å²) in [5.41, 5.74) is 0.234. The predicted octanol–water partition coefficient (Wildman–Crippen LogP) is -0.311. The fourth-order valence-corrected chi connectivity index (χ4v) is 2.32. The van der Waals surface area contributed by atoms with E-state index in [1.54, 1.807) is 12.1 Å². The first-order valence-electron chi connectivity index (χ1n) is 6.44. The van der Waals surface area contributed by atoms with E-state index in [2.05, 4.69) is 10.6 Å². The van der Waals surface area contributed by atoms with Gasteiger partial charge in [0.2, 0.25) is 0 Å². The zero-order chi connectivity index (χ0) is 14.8. The van der Waals surface area contributed by atoms with Crippen molar-refractivity contribution < 1.29 is 23.5 Å². The monoisotopic (exact) mass is 291 g/mol. The molecular weight excluding hydrogens is 278 g/mol. The number of rotatable bonds is 2. The minimum absolute atomic E-state index is 0.133. The highest BCUT2D eigenvalue weighted by molar-refractivity contribution is 6.32. The van der Waals surface area contributed by atoms with Gasteiger partial charge in [-0.3, -0.25) is 20.2 Å². The van der Waals surface area contributed by atoms with Crippen LogP contribution in [0, 0.1) is 0 Å². The van der Waals surface area contributed by atoms with Crippen molar-refractivity contribution >= 4 is 23.5 Å². The second kappa shape index (κ2) is 5.41. The number of amides is 4. The number of urea groups is 1. The van der Waals surface area contributed by atoms with Crippen LogP contribution in [0.4, 0.5) is 4.79 Å². The zero-order valence-corrected chi connectivity index (χ0v) is 11.0. The molecule has 2 aliphatic rings. The number of carbonyl (C=O) groups excluding carboxylic acids is 3. The Balaban J connectivity index is 2.09. The molecule has 4 amide bonds. The first-order chi connectivity index (χ1) is 10.2. The lowest BCUT2D eigenvalue weighted by molar-refractivity contribution is -0.124. The van der Waals surface area contributed by atoms with Gasteiger partial charge in [-0.15, -0.1) is 0 Å². The minimum atomic E-state index is -0.825. The highest BCUT2D eigenvalue weighted by atomic mass is 16.5. The molecule has 0 unspecified atom stereocenters. The van der Waals surface area contributed by atoms with E-state index >= 15 is 0 Å². The van der Waals surface area contributed by atoms with Crippen molar-refractivity contribution in [3.63, 3.8) is 0 Å². The Labute approximate surface area is 119 Å². The van der Waals surface area contributed by atoms with E-state index in [4.69, 9.17) is 9.15 Å². The Morgan fingerprint density at radius 1 is 1.10 bits per heavy atom. The summed E-state index contributed by atoms with van der Waals surface area (Å²) in [4.78, 5) is 37.1. The molecule has 1 aromatic rings. The maximum absolute atomic E-state index is 12.0. The highest BCUT2D eigenvalue weighted by Gasteiger charge is 2.35. The fourth-order valence-electron chi connectivity index (χ4n) is 2.32. The molecular formula is C13H13N3O5. The van der Waals surface area contributed by atoms with Crippen LogP contribution in [0.1, 0.15) is 5.76 Å². The first kappa shape index (κ1) is 13.4. The standard InChI is InChI=1S/C13H13N3O5/c17-11-9(12(18)15-13(19)14-11)10(8-2-1-5-21-8)16-3-6-20-7-4-16/h1-2,5H,3-4,6-7H2,(H2,14,15,17,18,19). The third-order valence-corrected chi connectivity index (χ3v) is 3.23. The van der Waals surface area contributed by atoms with Gasteiger partial charge < -0.3 is 14.1 Å². The van der Waals surface area contributed by atoms with Gasteiger partial charge in [0, 0.05) is 13.1 Å². The Morgan fingerprint density at radius 3 is 2.33 bits per heavy atom. The van der Waals surface area contributed by atoms with Crippen molar-refractivity contribution in [1.82, 2.24) is 15.5 Å². The van der Waals surface area contributed by atoms with Crippen LogP contribution in [0.5, 0.6) is 0 Å². The largest absolute Gasteiger partial charge is 0.463 e. The van der Waals surface area contributed by atoms with Crippen LogP contribution in [-0.2, 0) is 14.3 Å². The van der Waals surface area contributed by atoms with Crippen molar-refractivity contribution in [3.05, 3.63) is 29.7 Å². The van der Waals surface area contributed by atoms with Gasteiger partial charge in [0.15, 0.2) is 5.76 Å². The number of hydrogen-bond donors (Lipinski definition) is 2. The van der Waals surface area contributed by atoms with Crippen LogP contribution >= 0.6 is 0 Å². The summed E-state index contributed by atoms with van der Waals surface area (Å²) in [6, 6.07) is 2.50. The van der Waals surface area contributed by atoms with Gasteiger partial charge >= 0.3 is 6.03 Å². The topological polar surface area (TPSA) is 101 Å². The molecule has 0 aromatic carbocycles. The van der Waals surface area contributed by atoms with E-state index in [0.717, 1.165) is 0 Å². The van der Waals surface area contributed by atoms with Crippen LogP contribution < -0.4 is 10.6 Å². The van der Waals surface area contributed by atoms with Crippen molar-refractivity contribution in [3.8, 4) is 0 Å². The number of barbiturate groups is 1. The normalized spacial score (nSPS) is 19.3. The second-order valence-corrected chi connectivity index (χ2v) is 4.54. The number of nitrogens with one attached hydrogen (secondary N) is 2. The molecule has 21 heavy (non-hydrogen) atoms. The van der Waals surface area contributed by atoms with Crippen molar-refractivity contribution in [2.75, 3.05) is 26.3 Å². The molecule has 0 bridgehead atoms. The first-order valence-corrected chi connectivity index (χ1v) is 6.44. The molecule has 0 saturated carbocycles. The fraction of sp³-hybridized carbons (Fsp3) is 0.308. The maximum atomic E-state index is 12.0. The summed E-state index contributed by atoms with van der Waals surface area (Å²) in [6.45, 7) is 2.02. The smallest absolute Gasteiger partial charge is 0.328 e. The number of furan rings is 1. The molecule has 2 saturated heterocycles. The van der Waals surface area contributed by atoms with Crippen LogP contribution in [0.2, 0.25) is 0 Å². The number of morpholine rings is 1. The molecule has 0 spiro atoms. The predicted molar refractivity (Wildman–Crippen MR) is 69.7 cm³/mol. The average Bonchev–Trinajstić information content (AvgIpc) is 2.97. The van der Waals surface area contributed by atoms with E-state index in [-0.39, 0.29) is 5.57 Å². The van der Waals surface area contributed by atoms with Crippen molar-refractivity contribution in [1.29, 1.82) is 0 Å².